The monoisotopic (exact) mass is 446 g/mol. The van der Waals surface area contributed by atoms with E-state index in [-0.39, 0.29) is 35.3 Å². The average Bonchev–Trinajstić information content (AvgIpc) is 3.27. The van der Waals surface area contributed by atoms with E-state index in [1.54, 1.807) is 30.3 Å². The van der Waals surface area contributed by atoms with Gasteiger partial charge in [-0.05, 0) is 35.3 Å². The SMILES string of the molecule is COc1cc(NC(=O)C2CCN(S(=O)(=O)c3cccc4nonc34)CC2)cc(OC)c1. The van der Waals surface area contributed by atoms with Crippen molar-refractivity contribution in [1.29, 1.82) is 0 Å². The molecule has 3 aromatic rings. The Morgan fingerprint density at radius 3 is 2.42 bits per heavy atom. The molecule has 0 aliphatic carbocycles. The molecule has 2 heterocycles. The molecular weight excluding hydrogens is 424 g/mol. The van der Waals surface area contributed by atoms with Crippen LogP contribution in [0.15, 0.2) is 45.9 Å². The molecule has 1 fully saturated rings. The van der Waals surface area contributed by atoms with E-state index in [0.717, 1.165) is 0 Å². The van der Waals surface area contributed by atoms with Gasteiger partial charge in [-0.2, -0.15) is 4.31 Å². The lowest BCUT2D eigenvalue weighted by atomic mass is 9.97. The van der Waals surface area contributed by atoms with Crippen LogP contribution in [0.25, 0.3) is 11.0 Å². The van der Waals surface area contributed by atoms with Gasteiger partial charge in [0.1, 0.15) is 21.9 Å². The summed E-state index contributed by atoms with van der Waals surface area (Å²) in [5.74, 6) is 0.641. The molecule has 4 rings (SSSR count). The van der Waals surface area contributed by atoms with E-state index >= 15 is 0 Å². The maximum absolute atomic E-state index is 13.1. The molecule has 31 heavy (non-hydrogen) atoms. The number of carbonyl (C=O) groups excluding carboxylic acids is 1. The van der Waals surface area contributed by atoms with Crippen molar-refractivity contribution in [3.8, 4) is 11.5 Å². The van der Waals surface area contributed by atoms with E-state index in [1.165, 1.54) is 24.6 Å². The number of sulfonamides is 1. The van der Waals surface area contributed by atoms with Gasteiger partial charge in [0.15, 0.2) is 5.52 Å². The van der Waals surface area contributed by atoms with Crippen LogP contribution in [0.4, 0.5) is 5.69 Å². The Morgan fingerprint density at radius 1 is 1.10 bits per heavy atom. The Hall–Kier alpha value is -3.18. The minimum Gasteiger partial charge on any atom is -0.497 e. The van der Waals surface area contributed by atoms with Gasteiger partial charge in [-0.1, -0.05) is 6.07 Å². The van der Waals surface area contributed by atoms with E-state index in [0.29, 0.717) is 35.5 Å². The van der Waals surface area contributed by atoms with Crippen molar-refractivity contribution in [1.82, 2.24) is 14.6 Å². The highest BCUT2D eigenvalue weighted by atomic mass is 32.2. The summed E-state index contributed by atoms with van der Waals surface area (Å²) in [7, 11) is -0.711. The number of benzene rings is 2. The number of nitrogens with one attached hydrogen (secondary N) is 1. The van der Waals surface area contributed by atoms with Gasteiger partial charge in [0.05, 0.1) is 14.2 Å². The number of methoxy groups -OCH3 is 2. The molecule has 164 valence electrons. The number of ether oxygens (including phenoxy) is 2. The average molecular weight is 446 g/mol. The summed E-state index contributed by atoms with van der Waals surface area (Å²) in [6.45, 7) is 0.451. The molecule has 0 unspecified atom stereocenters. The molecule has 0 atom stereocenters. The summed E-state index contributed by atoms with van der Waals surface area (Å²) in [5.41, 5.74) is 1.14. The van der Waals surface area contributed by atoms with Crippen LogP contribution in [-0.4, -0.2) is 56.3 Å². The molecule has 1 saturated heterocycles. The highest BCUT2D eigenvalue weighted by Crippen LogP contribution is 2.29. The highest BCUT2D eigenvalue weighted by Gasteiger charge is 2.33. The maximum atomic E-state index is 13.1. The third-order valence-corrected chi connectivity index (χ3v) is 7.24. The standard InChI is InChI=1S/C20H22N4O6S/c1-28-15-10-14(11-16(12-15)29-2)21-20(25)13-6-8-24(9-7-13)31(26,27)18-5-3-4-17-19(18)23-30-22-17/h3-5,10-13H,6-9H2,1-2H3,(H,21,25). The number of carbonyl (C=O) groups is 1. The third-order valence-electron chi connectivity index (χ3n) is 5.31. The van der Waals surface area contributed by atoms with Crippen molar-refractivity contribution in [3.63, 3.8) is 0 Å². The molecule has 1 N–H and O–H groups in total. The van der Waals surface area contributed by atoms with E-state index in [2.05, 4.69) is 20.3 Å². The van der Waals surface area contributed by atoms with Crippen LogP contribution in [0, 0.1) is 5.92 Å². The van der Waals surface area contributed by atoms with Crippen LogP contribution < -0.4 is 14.8 Å². The van der Waals surface area contributed by atoms with Crippen molar-refractivity contribution >= 4 is 32.7 Å². The Balaban J connectivity index is 1.44. The number of fused-ring (bicyclic) bond motifs is 1. The fraction of sp³-hybridized carbons (Fsp3) is 0.350. The fourth-order valence-corrected chi connectivity index (χ4v) is 5.22. The minimum atomic E-state index is -3.78. The predicted octanol–water partition coefficient (Wildman–Crippen LogP) is 2.28. The van der Waals surface area contributed by atoms with Crippen molar-refractivity contribution in [2.24, 2.45) is 5.92 Å². The zero-order chi connectivity index (χ0) is 22.0. The van der Waals surface area contributed by atoms with Gasteiger partial charge >= 0.3 is 0 Å². The van der Waals surface area contributed by atoms with E-state index in [1.807, 2.05) is 0 Å². The lowest BCUT2D eigenvalue weighted by Crippen LogP contribution is -2.41. The Bertz CT molecular complexity index is 1180. The van der Waals surface area contributed by atoms with Crippen LogP contribution in [-0.2, 0) is 14.8 Å². The highest BCUT2D eigenvalue weighted by molar-refractivity contribution is 7.89. The van der Waals surface area contributed by atoms with Crippen molar-refractivity contribution in [3.05, 3.63) is 36.4 Å². The largest absolute Gasteiger partial charge is 0.497 e. The lowest BCUT2D eigenvalue weighted by molar-refractivity contribution is -0.120. The molecule has 11 heteroatoms. The molecule has 1 amide bonds. The Morgan fingerprint density at radius 2 is 1.77 bits per heavy atom. The molecule has 1 aliphatic heterocycles. The number of amides is 1. The van der Waals surface area contributed by atoms with Crippen molar-refractivity contribution < 1.29 is 27.3 Å². The van der Waals surface area contributed by atoms with Crippen LogP contribution in [0.1, 0.15) is 12.8 Å². The first-order valence-corrected chi connectivity index (χ1v) is 11.1. The molecule has 0 saturated carbocycles. The van der Waals surface area contributed by atoms with Crippen LogP contribution in [0.3, 0.4) is 0 Å². The first-order valence-electron chi connectivity index (χ1n) is 9.67. The van der Waals surface area contributed by atoms with Gasteiger partial charge < -0.3 is 14.8 Å². The molecule has 0 spiro atoms. The number of aromatic nitrogens is 2. The number of rotatable bonds is 6. The molecular formula is C20H22N4O6S. The minimum absolute atomic E-state index is 0.0534. The van der Waals surface area contributed by atoms with Crippen LogP contribution in [0.5, 0.6) is 11.5 Å². The van der Waals surface area contributed by atoms with Crippen LogP contribution >= 0.6 is 0 Å². The second kappa shape index (κ2) is 8.52. The zero-order valence-corrected chi connectivity index (χ0v) is 17.9. The Kier molecular flexibility index (Phi) is 5.79. The molecule has 1 aliphatic rings. The summed E-state index contributed by atoms with van der Waals surface area (Å²) < 4.78 is 42.7. The zero-order valence-electron chi connectivity index (χ0n) is 17.1. The second-order valence-corrected chi connectivity index (χ2v) is 9.06. The molecule has 0 radical (unpaired) electrons. The van der Waals surface area contributed by atoms with E-state index in [4.69, 9.17) is 9.47 Å². The number of hydrogen-bond donors (Lipinski definition) is 1. The molecule has 10 nitrogen and oxygen atoms in total. The lowest BCUT2D eigenvalue weighted by Gasteiger charge is -2.30. The number of hydrogen-bond acceptors (Lipinski definition) is 8. The number of nitrogens with zero attached hydrogens (tertiary/aromatic N) is 3. The first-order chi connectivity index (χ1) is 14.9. The van der Waals surface area contributed by atoms with Crippen molar-refractivity contribution in [2.45, 2.75) is 17.7 Å². The molecule has 0 bridgehead atoms. The molecule has 2 aromatic carbocycles. The summed E-state index contributed by atoms with van der Waals surface area (Å²) in [6.07, 6.45) is 0.804. The maximum Gasteiger partial charge on any atom is 0.245 e. The van der Waals surface area contributed by atoms with E-state index in [9.17, 15) is 13.2 Å². The van der Waals surface area contributed by atoms with Gasteiger partial charge in [0.2, 0.25) is 15.9 Å². The smallest absolute Gasteiger partial charge is 0.245 e. The van der Waals surface area contributed by atoms with Crippen LogP contribution in [0.2, 0.25) is 0 Å². The predicted molar refractivity (Wildman–Crippen MR) is 111 cm³/mol. The Labute approximate surface area is 179 Å². The first kappa shape index (κ1) is 21.1. The normalized spacial score (nSPS) is 15.7. The third kappa shape index (κ3) is 4.19. The molecule has 1 aromatic heterocycles. The van der Waals surface area contributed by atoms with Gasteiger partial charge in [0.25, 0.3) is 0 Å². The fourth-order valence-electron chi connectivity index (χ4n) is 3.61. The van der Waals surface area contributed by atoms with Crippen molar-refractivity contribution in [2.75, 3.05) is 32.6 Å². The van der Waals surface area contributed by atoms with Gasteiger partial charge in [-0.15, -0.1) is 0 Å². The quantitative estimate of drug-likeness (QED) is 0.612. The summed E-state index contributed by atoms with van der Waals surface area (Å²) in [6, 6.07) is 9.83. The van der Waals surface area contributed by atoms with Gasteiger partial charge in [-0.25, -0.2) is 13.0 Å². The van der Waals surface area contributed by atoms with E-state index < -0.39 is 10.0 Å². The topological polar surface area (TPSA) is 124 Å². The summed E-state index contributed by atoms with van der Waals surface area (Å²) >= 11 is 0. The second-order valence-electron chi connectivity index (χ2n) is 7.16. The summed E-state index contributed by atoms with van der Waals surface area (Å²) in [4.78, 5) is 12.8. The van der Waals surface area contributed by atoms with Gasteiger partial charge in [0, 0.05) is 42.9 Å². The van der Waals surface area contributed by atoms with Gasteiger partial charge in [-0.3, -0.25) is 4.79 Å². The summed E-state index contributed by atoms with van der Waals surface area (Å²) in [5, 5.41) is 10.3. The number of anilines is 1. The number of piperidine rings is 1.